The van der Waals surface area contributed by atoms with Gasteiger partial charge in [0, 0.05) is 11.8 Å². The minimum atomic E-state index is -0.856. The Hall–Kier alpha value is -1.65. The van der Waals surface area contributed by atoms with Crippen LogP contribution in [0.1, 0.15) is 26.0 Å². The van der Waals surface area contributed by atoms with Crippen molar-refractivity contribution in [2.75, 3.05) is 5.32 Å². The summed E-state index contributed by atoms with van der Waals surface area (Å²) in [6, 6.07) is 1.12. The summed E-state index contributed by atoms with van der Waals surface area (Å²) in [5.74, 6) is -0.251. The molecule has 0 aromatic carbocycles. The van der Waals surface area contributed by atoms with E-state index < -0.39 is 12.0 Å². The number of aromatic nitrogens is 2. The Bertz CT molecular complexity index is 368. The van der Waals surface area contributed by atoms with Crippen molar-refractivity contribution in [3.8, 4) is 0 Å². The molecular weight excluding hydrogens is 206 g/mol. The van der Waals surface area contributed by atoms with Gasteiger partial charge < -0.3 is 10.4 Å². The Labute approximate surface area is 94.9 Å². The lowest BCUT2D eigenvalue weighted by Crippen LogP contribution is -2.35. The molecule has 1 aromatic rings. The number of nitrogens with one attached hydrogen (secondary N) is 1. The van der Waals surface area contributed by atoms with E-state index in [4.69, 9.17) is 5.11 Å². The van der Waals surface area contributed by atoms with Gasteiger partial charge in [0.05, 0.1) is 0 Å². The smallest absolute Gasteiger partial charge is 0.326 e. The Balaban J connectivity index is 2.79. The first-order valence-corrected chi connectivity index (χ1v) is 5.32. The first-order valence-electron chi connectivity index (χ1n) is 5.32. The van der Waals surface area contributed by atoms with Gasteiger partial charge in [0.25, 0.3) is 0 Å². The maximum atomic E-state index is 11.1. The van der Waals surface area contributed by atoms with Crippen LogP contribution in [0.5, 0.6) is 0 Å². The van der Waals surface area contributed by atoms with Gasteiger partial charge in [-0.05, 0) is 12.8 Å². The highest BCUT2D eigenvalue weighted by molar-refractivity contribution is 5.77. The second kappa shape index (κ2) is 5.44. The van der Waals surface area contributed by atoms with Crippen molar-refractivity contribution in [3.05, 3.63) is 18.1 Å². The van der Waals surface area contributed by atoms with Crippen LogP contribution in [0.15, 0.2) is 12.4 Å². The number of rotatable bonds is 5. The van der Waals surface area contributed by atoms with Crippen LogP contribution in [0, 0.1) is 12.8 Å². The van der Waals surface area contributed by atoms with Gasteiger partial charge in [0.2, 0.25) is 0 Å². The number of aryl methyl sites for hydroxylation is 1. The highest BCUT2D eigenvalue weighted by Gasteiger charge is 2.23. The van der Waals surface area contributed by atoms with Crippen LogP contribution in [-0.4, -0.2) is 27.1 Å². The van der Waals surface area contributed by atoms with E-state index in [9.17, 15) is 4.79 Å². The topological polar surface area (TPSA) is 75.1 Å². The predicted molar refractivity (Wildman–Crippen MR) is 61.3 cm³/mol. The van der Waals surface area contributed by atoms with Crippen molar-refractivity contribution in [1.29, 1.82) is 0 Å². The quantitative estimate of drug-likeness (QED) is 0.794. The van der Waals surface area contributed by atoms with E-state index in [1.807, 2.05) is 20.8 Å². The third-order valence-corrected chi connectivity index (χ3v) is 2.59. The van der Waals surface area contributed by atoms with E-state index in [0.29, 0.717) is 5.82 Å². The Kier molecular flexibility index (Phi) is 4.22. The van der Waals surface area contributed by atoms with Gasteiger partial charge in [-0.25, -0.2) is 14.8 Å². The zero-order chi connectivity index (χ0) is 12.1. The summed E-state index contributed by atoms with van der Waals surface area (Å²) in [5.41, 5.74) is 0.811. The van der Waals surface area contributed by atoms with E-state index in [1.54, 1.807) is 6.07 Å². The number of hydrogen-bond acceptors (Lipinski definition) is 4. The SMILES string of the molecule is CC[C@H](C)[C@H](Nc1cc(C)ncn1)C(=O)O. The number of aliphatic carboxylic acids is 1. The summed E-state index contributed by atoms with van der Waals surface area (Å²) < 4.78 is 0. The molecule has 0 saturated carbocycles. The summed E-state index contributed by atoms with van der Waals surface area (Å²) in [7, 11) is 0. The normalized spacial score (nSPS) is 14.2. The van der Waals surface area contributed by atoms with Gasteiger partial charge in [0.1, 0.15) is 18.2 Å². The molecular formula is C11H17N3O2. The van der Waals surface area contributed by atoms with Crippen LogP contribution in [0.2, 0.25) is 0 Å². The molecule has 16 heavy (non-hydrogen) atoms. The highest BCUT2D eigenvalue weighted by Crippen LogP contribution is 2.13. The predicted octanol–water partition coefficient (Wildman–Crippen LogP) is 1.70. The highest BCUT2D eigenvalue weighted by atomic mass is 16.4. The zero-order valence-electron chi connectivity index (χ0n) is 9.77. The maximum Gasteiger partial charge on any atom is 0.326 e. The molecule has 0 aliphatic heterocycles. The van der Waals surface area contributed by atoms with Crippen molar-refractivity contribution < 1.29 is 9.90 Å². The molecule has 1 rings (SSSR count). The van der Waals surface area contributed by atoms with Gasteiger partial charge >= 0.3 is 5.97 Å². The lowest BCUT2D eigenvalue weighted by atomic mass is 9.99. The number of hydrogen-bond donors (Lipinski definition) is 2. The standard InChI is InChI=1S/C11H17N3O2/c1-4-7(2)10(11(15)16)14-9-5-8(3)12-6-13-9/h5-7,10H,4H2,1-3H3,(H,15,16)(H,12,13,14)/t7-,10-/m0/s1. The molecule has 1 aromatic heterocycles. The fraction of sp³-hybridized carbons (Fsp3) is 0.545. The number of carboxylic acids is 1. The van der Waals surface area contributed by atoms with Gasteiger partial charge in [-0.1, -0.05) is 20.3 Å². The molecule has 0 fully saturated rings. The molecule has 2 N–H and O–H groups in total. The molecule has 2 atom stereocenters. The van der Waals surface area contributed by atoms with Gasteiger partial charge in [-0.2, -0.15) is 0 Å². The third kappa shape index (κ3) is 3.18. The Morgan fingerprint density at radius 1 is 1.56 bits per heavy atom. The average molecular weight is 223 g/mol. The second-order valence-corrected chi connectivity index (χ2v) is 3.89. The zero-order valence-corrected chi connectivity index (χ0v) is 9.77. The second-order valence-electron chi connectivity index (χ2n) is 3.89. The average Bonchev–Trinajstić information content (AvgIpc) is 2.24. The van der Waals surface area contributed by atoms with Crippen LogP contribution in [0.25, 0.3) is 0 Å². The molecule has 0 amide bonds. The molecule has 0 bridgehead atoms. The summed E-state index contributed by atoms with van der Waals surface area (Å²) in [6.45, 7) is 5.71. The molecule has 0 spiro atoms. The van der Waals surface area contributed by atoms with E-state index in [2.05, 4.69) is 15.3 Å². The number of nitrogens with zero attached hydrogens (tertiary/aromatic N) is 2. The minimum Gasteiger partial charge on any atom is -0.480 e. The lowest BCUT2D eigenvalue weighted by molar-refractivity contribution is -0.139. The first kappa shape index (κ1) is 12.4. The van der Waals surface area contributed by atoms with E-state index in [1.165, 1.54) is 6.33 Å². The van der Waals surface area contributed by atoms with Crippen LogP contribution in [0.4, 0.5) is 5.82 Å². The van der Waals surface area contributed by atoms with E-state index in [0.717, 1.165) is 12.1 Å². The molecule has 0 radical (unpaired) electrons. The molecule has 0 aliphatic rings. The van der Waals surface area contributed by atoms with E-state index in [-0.39, 0.29) is 5.92 Å². The molecule has 1 heterocycles. The molecule has 5 heteroatoms. The van der Waals surface area contributed by atoms with Crippen molar-refractivity contribution in [1.82, 2.24) is 9.97 Å². The van der Waals surface area contributed by atoms with Crippen molar-refractivity contribution in [3.63, 3.8) is 0 Å². The molecule has 0 aliphatic carbocycles. The first-order chi connectivity index (χ1) is 7.54. The molecule has 0 saturated heterocycles. The van der Waals surface area contributed by atoms with Crippen LogP contribution >= 0.6 is 0 Å². The largest absolute Gasteiger partial charge is 0.480 e. The summed E-state index contributed by atoms with van der Waals surface area (Å²) in [5, 5.41) is 12.0. The van der Waals surface area contributed by atoms with Crippen LogP contribution in [0.3, 0.4) is 0 Å². The number of carboxylic acid groups (broad SMARTS) is 1. The van der Waals surface area contributed by atoms with Gasteiger partial charge in [-0.3, -0.25) is 0 Å². The van der Waals surface area contributed by atoms with Crippen molar-refractivity contribution >= 4 is 11.8 Å². The molecule has 88 valence electrons. The number of anilines is 1. The van der Waals surface area contributed by atoms with Gasteiger partial charge in [0.15, 0.2) is 0 Å². The third-order valence-electron chi connectivity index (χ3n) is 2.59. The Morgan fingerprint density at radius 2 is 2.25 bits per heavy atom. The maximum absolute atomic E-state index is 11.1. The summed E-state index contributed by atoms with van der Waals surface area (Å²) in [6.07, 6.45) is 2.22. The minimum absolute atomic E-state index is 0.0489. The number of carbonyl (C=O) groups is 1. The fourth-order valence-electron chi connectivity index (χ4n) is 1.38. The monoisotopic (exact) mass is 223 g/mol. The van der Waals surface area contributed by atoms with E-state index >= 15 is 0 Å². The van der Waals surface area contributed by atoms with Crippen molar-refractivity contribution in [2.24, 2.45) is 5.92 Å². The molecule has 0 unspecified atom stereocenters. The molecule has 5 nitrogen and oxygen atoms in total. The Morgan fingerprint density at radius 3 is 2.75 bits per heavy atom. The fourth-order valence-corrected chi connectivity index (χ4v) is 1.38. The van der Waals surface area contributed by atoms with Crippen LogP contribution < -0.4 is 5.32 Å². The lowest BCUT2D eigenvalue weighted by Gasteiger charge is -2.20. The van der Waals surface area contributed by atoms with Crippen LogP contribution in [-0.2, 0) is 4.79 Å². The van der Waals surface area contributed by atoms with Crippen molar-refractivity contribution in [2.45, 2.75) is 33.2 Å². The summed E-state index contributed by atoms with van der Waals surface area (Å²) >= 11 is 0. The summed E-state index contributed by atoms with van der Waals surface area (Å²) in [4.78, 5) is 19.0. The van der Waals surface area contributed by atoms with Gasteiger partial charge in [-0.15, -0.1) is 0 Å².